The van der Waals surface area contributed by atoms with E-state index in [-0.39, 0.29) is 0 Å². The van der Waals surface area contributed by atoms with Crippen molar-refractivity contribution in [1.82, 2.24) is 4.90 Å². The highest BCUT2D eigenvalue weighted by Crippen LogP contribution is 1.99. The molecule has 0 spiro atoms. The maximum absolute atomic E-state index is 5.08. The Bertz CT molecular complexity index is 66.6. The molecule has 53 valence electrons. The van der Waals surface area contributed by atoms with Gasteiger partial charge in [-0.1, -0.05) is 6.92 Å². The predicted molar refractivity (Wildman–Crippen MR) is 37.0 cm³/mol. The third-order valence-electron chi connectivity index (χ3n) is 1.52. The average molecular weight is 128 g/mol. The van der Waals surface area contributed by atoms with Crippen LogP contribution in [-0.4, -0.2) is 31.1 Å². The predicted octanol–water partition coefficient (Wildman–Crippen LogP) is 0.890. The van der Waals surface area contributed by atoms with Crippen molar-refractivity contribution in [2.24, 2.45) is 0 Å². The van der Waals surface area contributed by atoms with Gasteiger partial charge in [0.25, 0.3) is 0 Å². The van der Waals surface area contributed by atoms with Crippen molar-refractivity contribution in [3.63, 3.8) is 0 Å². The summed E-state index contributed by atoms with van der Waals surface area (Å²) in [5, 5.41) is 0. The Kier molecular flexibility index (Phi) is 3.01. The summed E-state index contributed by atoms with van der Waals surface area (Å²) < 4.78 is 5.08. The molecule has 2 nitrogen and oxygen atoms in total. The van der Waals surface area contributed by atoms with Gasteiger partial charge >= 0.3 is 0 Å². The van der Waals surface area contributed by atoms with E-state index in [4.69, 9.17) is 4.74 Å². The number of nitrogens with zero attached hydrogens (tertiary/aromatic N) is 1. The summed E-state index contributed by atoms with van der Waals surface area (Å²) in [4.78, 5) is 2.39. The molecule has 0 N–H and O–H groups in total. The van der Waals surface area contributed by atoms with E-state index < -0.39 is 0 Å². The average Bonchev–Trinajstić information content (AvgIpc) is 1.91. The van der Waals surface area contributed by atoms with Crippen molar-refractivity contribution in [3.8, 4) is 0 Å². The standard InChI is InChI=1S/C7H14NO/c1-2-3-8-4-6-9-7-5-8/h6H,2-5,7H2,1H3. The van der Waals surface area contributed by atoms with Gasteiger partial charge in [0.2, 0.25) is 0 Å². The molecule has 0 aromatic rings. The van der Waals surface area contributed by atoms with Crippen molar-refractivity contribution in [2.75, 3.05) is 26.2 Å². The van der Waals surface area contributed by atoms with Crippen LogP contribution in [0.2, 0.25) is 0 Å². The van der Waals surface area contributed by atoms with Crippen LogP contribution in [0.5, 0.6) is 0 Å². The molecule has 0 aliphatic carbocycles. The molecule has 1 aliphatic rings. The van der Waals surface area contributed by atoms with Gasteiger partial charge in [-0.15, -0.1) is 0 Å². The second kappa shape index (κ2) is 3.85. The van der Waals surface area contributed by atoms with Crippen LogP contribution in [0.15, 0.2) is 0 Å². The minimum atomic E-state index is 0.875. The Morgan fingerprint density at radius 1 is 1.67 bits per heavy atom. The largest absolute Gasteiger partial charge is 0.373 e. The van der Waals surface area contributed by atoms with Gasteiger partial charge in [-0.2, -0.15) is 0 Å². The highest BCUT2D eigenvalue weighted by molar-refractivity contribution is 4.67. The van der Waals surface area contributed by atoms with Crippen LogP contribution >= 0.6 is 0 Å². The fraction of sp³-hybridized carbons (Fsp3) is 0.857. The topological polar surface area (TPSA) is 12.5 Å². The molecule has 0 amide bonds. The van der Waals surface area contributed by atoms with Crippen LogP contribution in [0.25, 0.3) is 0 Å². The second-order valence-corrected chi connectivity index (χ2v) is 2.34. The number of rotatable bonds is 2. The molecule has 0 bridgehead atoms. The Morgan fingerprint density at radius 3 is 3.11 bits per heavy atom. The van der Waals surface area contributed by atoms with Gasteiger partial charge in [-0.25, -0.2) is 0 Å². The van der Waals surface area contributed by atoms with Gasteiger partial charge in [0.15, 0.2) is 0 Å². The summed E-state index contributed by atoms with van der Waals surface area (Å²) in [5.41, 5.74) is 0. The summed E-state index contributed by atoms with van der Waals surface area (Å²) in [5.74, 6) is 0. The molecule has 1 heterocycles. The van der Waals surface area contributed by atoms with Gasteiger partial charge in [0.1, 0.15) is 0 Å². The zero-order valence-corrected chi connectivity index (χ0v) is 5.97. The maximum Gasteiger partial charge on any atom is 0.0976 e. The molecular weight excluding hydrogens is 114 g/mol. The molecule has 1 fully saturated rings. The number of ether oxygens (including phenoxy) is 1. The summed E-state index contributed by atoms with van der Waals surface area (Å²) in [6.45, 7) is 8.28. The van der Waals surface area contributed by atoms with Crippen LogP contribution in [0.1, 0.15) is 13.3 Å². The van der Waals surface area contributed by atoms with E-state index >= 15 is 0 Å². The molecule has 2 heteroatoms. The zero-order chi connectivity index (χ0) is 6.53. The third-order valence-corrected chi connectivity index (χ3v) is 1.52. The van der Waals surface area contributed by atoms with Crippen LogP contribution < -0.4 is 0 Å². The Hall–Kier alpha value is -0.0800. The molecule has 0 aromatic heterocycles. The fourth-order valence-electron chi connectivity index (χ4n) is 1.03. The van der Waals surface area contributed by atoms with Crippen molar-refractivity contribution in [2.45, 2.75) is 13.3 Å². The Balaban J connectivity index is 2.08. The van der Waals surface area contributed by atoms with Crippen LogP contribution in [0.4, 0.5) is 0 Å². The maximum atomic E-state index is 5.08. The van der Waals surface area contributed by atoms with Crippen molar-refractivity contribution in [1.29, 1.82) is 0 Å². The minimum absolute atomic E-state index is 0.875. The van der Waals surface area contributed by atoms with E-state index in [1.807, 2.05) is 6.61 Å². The first-order valence-electron chi connectivity index (χ1n) is 3.59. The van der Waals surface area contributed by atoms with Gasteiger partial charge in [0, 0.05) is 13.1 Å². The molecule has 1 rings (SSSR count). The highest BCUT2D eigenvalue weighted by atomic mass is 16.5. The number of hydrogen-bond acceptors (Lipinski definition) is 2. The molecule has 0 aromatic carbocycles. The van der Waals surface area contributed by atoms with Gasteiger partial charge in [0.05, 0.1) is 13.2 Å². The first-order valence-corrected chi connectivity index (χ1v) is 3.59. The van der Waals surface area contributed by atoms with E-state index in [9.17, 15) is 0 Å². The molecular formula is C7H14NO. The van der Waals surface area contributed by atoms with Gasteiger partial charge in [-0.3, -0.25) is 4.90 Å². The lowest BCUT2D eigenvalue weighted by Gasteiger charge is -2.25. The van der Waals surface area contributed by atoms with E-state index in [1.54, 1.807) is 0 Å². The van der Waals surface area contributed by atoms with E-state index in [2.05, 4.69) is 11.8 Å². The van der Waals surface area contributed by atoms with Gasteiger partial charge < -0.3 is 4.74 Å². The summed E-state index contributed by atoms with van der Waals surface area (Å²) >= 11 is 0. The summed E-state index contributed by atoms with van der Waals surface area (Å²) in [6.07, 6.45) is 1.24. The molecule has 1 radical (unpaired) electrons. The van der Waals surface area contributed by atoms with E-state index in [0.29, 0.717) is 0 Å². The number of morpholine rings is 1. The van der Waals surface area contributed by atoms with Crippen molar-refractivity contribution < 1.29 is 4.74 Å². The lowest BCUT2D eigenvalue weighted by molar-refractivity contribution is 0.0854. The molecule has 0 unspecified atom stereocenters. The number of hydrogen-bond donors (Lipinski definition) is 0. The Labute approximate surface area is 56.8 Å². The third kappa shape index (κ3) is 2.33. The highest BCUT2D eigenvalue weighted by Gasteiger charge is 2.07. The zero-order valence-electron chi connectivity index (χ0n) is 5.97. The molecule has 0 saturated carbocycles. The SMILES string of the molecule is CCCN1C[CH]OCC1. The first kappa shape index (κ1) is 7.03. The summed E-state index contributed by atoms with van der Waals surface area (Å²) in [6, 6.07) is 0. The van der Waals surface area contributed by atoms with Crippen molar-refractivity contribution >= 4 is 0 Å². The van der Waals surface area contributed by atoms with Crippen molar-refractivity contribution in [3.05, 3.63) is 6.61 Å². The van der Waals surface area contributed by atoms with Crippen LogP contribution in [0.3, 0.4) is 0 Å². The van der Waals surface area contributed by atoms with Gasteiger partial charge in [-0.05, 0) is 13.0 Å². The van der Waals surface area contributed by atoms with E-state index in [0.717, 1.165) is 19.7 Å². The lowest BCUT2D eigenvalue weighted by atomic mass is 10.4. The fourth-order valence-corrected chi connectivity index (χ4v) is 1.03. The van der Waals surface area contributed by atoms with E-state index in [1.165, 1.54) is 13.0 Å². The molecule has 1 aliphatic heterocycles. The quantitative estimate of drug-likeness (QED) is 0.547. The lowest BCUT2D eigenvalue weighted by Crippen LogP contribution is -2.34. The monoisotopic (exact) mass is 128 g/mol. The van der Waals surface area contributed by atoms with Crippen LogP contribution in [-0.2, 0) is 4.74 Å². The Morgan fingerprint density at radius 2 is 2.56 bits per heavy atom. The normalized spacial score (nSPS) is 22.3. The minimum Gasteiger partial charge on any atom is -0.373 e. The second-order valence-electron chi connectivity index (χ2n) is 2.34. The molecule has 1 saturated heterocycles. The summed E-state index contributed by atoms with van der Waals surface area (Å²) in [7, 11) is 0. The first-order chi connectivity index (χ1) is 4.43. The molecule has 0 atom stereocenters. The van der Waals surface area contributed by atoms with Crippen LogP contribution in [0, 0.1) is 6.61 Å². The molecule has 9 heavy (non-hydrogen) atoms. The smallest absolute Gasteiger partial charge is 0.0976 e.